The molecule has 2 aromatic carbocycles. The zero-order valence-corrected chi connectivity index (χ0v) is 14.8. The molecule has 0 saturated heterocycles. The highest BCUT2D eigenvalue weighted by atomic mass is 16.4. The first-order chi connectivity index (χ1) is 13.6. The maximum atomic E-state index is 13.3. The van der Waals surface area contributed by atoms with Crippen molar-refractivity contribution in [2.45, 2.75) is 0 Å². The summed E-state index contributed by atoms with van der Waals surface area (Å²) in [6.07, 6.45) is 3.41. The molecule has 0 aliphatic rings. The third kappa shape index (κ3) is 3.21. The molecule has 4 rings (SSSR count). The molecular formula is C23H16N2O3. The number of nitrogens with zero attached hydrogens (tertiary/aromatic N) is 2. The maximum Gasteiger partial charge on any atom is 0.336 e. The Labute approximate surface area is 161 Å². The number of para-hydroxylation sites is 1. The van der Waals surface area contributed by atoms with Gasteiger partial charge in [0.05, 0.1) is 11.3 Å². The number of benzene rings is 2. The molecule has 1 N–H and O–H groups in total. The number of rotatable bonds is 4. The molecule has 0 fully saturated rings. The lowest BCUT2D eigenvalue weighted by molar-refractivity contribution is 0.0697. The molecule has 0 atom stereocenters. The van der Waals surface area contributed by atoms with Crippen LogP contribution in [0.1, 0.15) is 10.4 Å². The summed E-state index contributed by atoms with van der Waals surface area (Å²) in [6, 6.07) is 23.0. The Bertz CT molecular complexity index is 1200. The van der Waals surface area contributed by atoms with Gasteiger partial charge in [-0.3, -0.25) is 14.3 Å². The summed E-state index contributed by atoms with van der Waals surface area (Å²) < 4.78 is 1.53. The van der Waals surface area contributed by atoms with E-state index in [2.05, 4.69) is 4.98 Å². The minimum absolute atomic E-state index is 0.0809. The second-order valence-electron chi connectivity index (χ2n) is 6.22. The Hall–Kier alpha value is -3.99. The second kappa shape index (κ2) is 7.32. The Balaban J connectivity index is 2.04. The van der Waals surface area contributed by atoms with E-state index in [0.29, 0.717) is 22.5 Å². The van der Waals surface area contributed by atoms with Crippen molar-refractivity contribution < 1.29 is 9.90 Å². The van der Waals surface area contributed by atoms with Crippen molar-refractivity contribution in [1.82, 2.24) is 9.55 Å². The van der Waals surface area contributed by atoms with Crippen LogP contribution in [0.3, 0.4) is 0 Å². The highest BCUT2D eigenvalue weighted by Gasteiger charge is 2.17. The summed E-state index contributed by atoms with van der Waals surface area (Å²) in [5, 5.41) is 9.57. The van der Waals surface area contributed by atoms with E-state index in [4.69, 9.17) is 0 Å². The van der Waals surface area contributed by atoms with E-state index in [-0.39, 0.29) is 11.1 Å². The first-order valence-electron chi connectivity index (χ1n) is 8.71. The lowest BCUT2D eigenvalue weighted by Crippen LogP contribution is -2.21. The number of carboxylic acids is 1. The predicted molar refractivity (Wildman–Crippen MR) is 108 cm³/mol. The van der Waals surface area contributed by atoms with E-state index in [0.717, 1.165) is 5.56 Å². The van der Waals surface area contributed by atoms with Gasteiger partial charge in [0.15, 0.2) is 0 Å². The fraction of sp³-hybridized carbons (Fsp3) is 0. The van der Waals surface area contributed by atoms with Gasteiger partial charge in [-0.1, -0.05) is 42.5 Å². The first kappa shape index (κ1) is 17.4. The van der Waals surface area contributed by atoms with E-state index in [9.17, 15) is 14.7 Å². The monoisotopic (exact) mass is 368 g/mol. The normalized spacial score (nSPS) is 10.6. The number of carbonyl (C=O) groups is 1. The highest BCUT2D eigenvalue weighted by molar-refractivity contribution is 5.96. The third-order valence-corrected chi connectivity index (χ3v) is 4.46. The molecule has 5 heteroatoms. The van der Waals surface area contributed by atoms with E-state index in [1.165, 1.54) is 10.6 Å². The number of aromatic carboxylic acids is 1. The highest BCUT2D eigenvalue weighted by Crippen LogP contribution is 2.26. The fourth-order valence-corrected chi connectivity index (χ4v) is 3.13. The minimum Gasteiger partial charge on any atom is -0.478 e. The van der Waals surface area contributed by atoms with Gasteiger partial charge in [-0.05, 0) is 36.4 Å². The van der Waals surface area contributed by atoms with E-state index in [1.54, 1.807) is 36.7 Å². The van der Waals surface area contributed by atoms with Crippen molar-refractivity contribution in [3.05, 3.63) is 107 Å². The molecule has 0 unspecified atom stereocenters. The maximum absolute atomic E-state index is 13.3. The molecule has 0 spiro atoms. The lowest BCUT2D eigenvalue weighted by atomic mass is 9.98. The zero-order chi connectivity index (χ0) is 19.5. The van der Waals surface area contributed by atoms with Gasteiger partial charge in [0, 0.05) is 34.8 Å². The fourth-order valence-electron chi connectivity index (χ4n) is 3.13. The summed E-state index contributed by atoms with van der Waals surface area (Å²) in [6.45, 7) is 0. The van der Waals surface area contributed by atoms with Crippen molar-refractivity contribution in [3.8, 4) is 28.1 Å². The molecule has 2 aromatic heterocycles. The Morgan fingerprint density at radius 2 is 1.57 bits per heavy atom. The van der Waals surface area contributed by atoms with E-state index < -0.39 is 5.97 Å². The van der Waals surface area contributed by atoms with Crippen LogP contribution in [0.15, 0.2) is 96.1 Å². The van der Waals surface area contributed by atoms with Crippen LogP contribution in [0.2, 0.25) is 0 Å². The third-order valence-electron chi connectivity index (χ3n) is 4.46. The SMILES string of the molecule is O=C(O)c1ccccc1-c1cc(-c2ccccn2)cn(-c2ccccc2)c1=O. The summed E-state index contributed by atoms with van der Waals surface area (Å²) in [7, 11) is 0. The van der Waals surface area contributed by atoms with Gasteiger partial charge >= 0.3 is 5.97 Å². The Morgan fingerprint density at radius 3 is 2.29 bits per heavy atom. The van der Waals surface area contributed by atoms with Gasteiger partial charge in [0.1, 0.15) is 0 Å². The predicted octanol–water partition coefficient (Wildman–Crippen LogP) is 4.26. The number of carboxylic acid groups (broad SMARTS) is 1. The van der Waals surface area contributed by atoms with Crippen LogP contribution >= 0.6 is 0 Å². The molecule has 28 heavy (non-hydrogen) atoms. The van der Waals surface area contributed by atoms with Crippen LogP contribution in [-0.4, -0.2) is 20.6 Å². The van der Waals surface area contributed by atoms with Crippen LogP contribution in [0.25, 0.3) is 28.1 Å². The number of pyridine rings is 2. The average Bonchev–Trinajstić information content (AvgIpc) is 2.75. The number of aromatic nitrogens is 2. The Morgan fingerprint density at radius 1 is 0.857 bits per heavy atom. The molecule has 4 aromatic rings. The lowest BCUT2D eigenvalue weighted by Gasteiger charge is -2.13. The molecule has 0 amide bonds. The topological polar surface area (TPSA) is 72.2 Å². The molecule has 0 radical (unpaired) electrons. The van der Waals surface area contributed by atoms with Crippen molar-refractivity contribution >= 4 is 5.97 Å². The number of hydrogen-bond acceptors (Lipinski definition) is 3. The Kier molecular flexibility index (Phi) is 4.56. The average molecular weight is 368 g/mol. The summed E-state index contributed by atoms with van der Waals surface area (Å²) in [5.74, 6) is -1.08. The van der Waals surface area contributed by atoms with Gasteiger partial charge in [0.2, 0.25) is 0 Å². The molecule has 0 bridgehead atoms. The second-order valence-corrected chi connectivity index (χ2v) is 6.22. The van der Waals surface area contributed by atoms with Crippen molar-refractivity contribution in [3.63, 3.8) is 0 Å². The van der Waals surface area contributed by atoms with Crippen LogP contribution < -0.4 is 5.56 Å². The molecule has 136 valence electrons. The summed E-state index contributed by atoms with van der Waals surface area (Å²) >= 11 is 0. The smallest absolute Gasteiger partial charge is 0.336 e. The molecule has 0 aliphatic heterocycles. The van der Waals surface area contributed by atoms with Gasteiger partial charge in [-0.25, -0.2) is 4.79 Å². The van der Waals surface area contributed by atoms with E-state index >= 15 is 0 Å². The van der Waals surface area contributed by atoms with Crippen molar-refractivity contribution in [2.24, 2.45) is 0 Å². The van der Waals surface area contributed by atoms with Gasteiger partial charge in [-0.2, -0.15) is 0 Å². The van der Waals surface area contributed by atoms with Crippen LogP contribution in [0.4, 0.5) is 0 Å². The van der Waals surface area contributed by atoms with Gasteiger partial charge in [0.25, 0.3) is 5.56 Å². The quantitative estimate of drug-likeness (QED) is 0.584. The molecule has 5 nitrogen and oxygen atoms in total. The van der Waals surface area contributed by atoms with Crippen molar-refractivity contribution in [1.29, 1.82) is 0 Å². The van der Waals surface area contributed by atoms with Crippen LogP contribution in [0.5, 0.6) is 0 Å². The molecule has 0 aliphatic carbocycles. The molecular weight excluding hydrogens is 352 g/mol. The van der Waals surface area contributed by atoms with Crippen LogP contribution in [-0.2, 0) is 0 Å². The standard InChI is InChI=1S/C23H16N2O3/c26-22-20(18-10-4-5-11-19(18)23(27)28)14-16(21-12-6-7-13-24-21)15-25(22)17-8-2-1-3-9-17/h1-15H,(H,27,28). The number of hydrogen-bond donors (Lipinski definition) is 1. The summed E-state index contributed by atoms with van der Waals surface area (Å²) in [5.41, 5.74) is 2.59. The molecule has 2 heterocycles. The van der Waals surface area contributed by atoms with Crippen molar-refractivity contribution in [2.75, 3.05) is 0 Å². The van der Waals surface area contributed by atoms with E-state index in [1.807, 2.05) is 48.5 Å². The summed E-state index contributed by atoms with van der Waals surface area (Å²) in [4.78, 5) is 29.3. The largest absolute Gasteiger partial charge is 0.478 e. The zero-order valence-electron chi connectivity index (χ0n) is 14.8. The first-order valence-corrected chi connectivity index (χ1v) is 8.71. The van der Waals surface area contributed by atoms with Gasteiger partial charge in [-0.15, -0.1) is 0 Å². The minimum atomic E-state index is -1.08. The van der Waals surface area contributed by atoms with Crippen LogP contribution in [0, 0.1) is 0 Å². The molecule has 0 saturated carbocycles. The van der Waals surface area contributed by atoms with Gasteiger partial charge < -0.3 is 5.11 Å².